The van der Waals surface area contributed by atoms with Crippen LogP contribution in [0.25, 0.3) is 0 Å². The van der Waals surface area contributed by atoms with Crippen LogP contribution in [0.3, 0.4) is 0 Å². The fraction of sp³-hybridized carbons (Fsp3) is 0.0714. The first-order valence-corrected chi connectivity index (χ1v) is 5.57. The zero-order valence-electron chi connectivity index (χ0n) is 10.3. The van der Waals surface area contributed by atoms with Gasteiger partial charge in [0, 0.05) is 5.69 Å². The van der Waals surface area contributed by atoms with Gasteiger partial charge in [-0.3, -0.25) is 0 Å². The van der Waals surface area contributed by atoms with E-state index in [0.29, 0.717) is 17.2 Å². The van der Waals surface area contributed by atoms with E-state index < -0.39 is 6.09 Å². The minimum Gasteiger partial charge on any atom is -0.530 e. The first-order valence-electron chi connectivity index (χ1n) is 5.57. The van der Waals surface area contributed by atoms with Gasteiger partial charge in [0.05, 0.1) is 7.11 Å². The molecule has 0 spiro atoms. The average molecular weight is 258 g/mol. The molecule has 0 aliphatic rings. The smallest absolute Gasteiger partial charge is 0.138 e. The van der Waals surface area contributed by atoms with Gasteiger partial charge in [-0.05, 0) is 48.5 Å². The van der Waals surface area contributed by atoms with Crippen LogP contribution in [-0.4, -0.2) is 13.2 Å². The lowest BCUT2D eigenvalue weighted by atomic mass is 10.3. The van der Waals surface area contributed by atoms with Crippen LogP contribution in [0.15, 0.2) is 48.5 Å². The number of carboxylic acid groups (broad SMARTS) is 1. The summed E-state index contributed by atoms with van der Waals surface area (Å²) in [6, 6.07) is 13.7. The molecular formula is C14H12NO4-. The van der Waals surface area contributed by atoms with Gasteiger partial charge in [-0.25, -0.2) is 0 Å². The third-order valence-electron chi connectivity index (χ3n) is 2.40. The van der Waals surface area contributed by atoms with E-state index >= 15 is 0 Å². The van der Waals surface area contributed by atoms with Crippen molar-refractivity contribution >= 4 is 11.8 Å². The maximum absolute atomic E-state index is 10.3. The van der Waals surface area contributed by atoms with E-state index in [-0.39, 0.29) is 0 Å². The number of methoxy groups -OCH3 is 1. The molecule has 0 saturated heterocycles. The van der Waals surface area contributed by atoms with Crippen LogP contribution >= 0.6 is 0 Å². The summed E-state index contributed by atoms with van der Waals surface area (Å²) in [6.45, 7) is 0. The van der Waals surface area contributed by atoms with Gasteiger partial charge < -0.3 is 24.7 Å². The summed E-state index contributed by atoms with van der Waals surface area (Å²) in [5.74, 6) is 2.02. The number of nitrogens with one attached hydrogen (secondary N) is 1. The molecule has 0 saturated carbocycles. The summed E-state index contributed by atoms with van der Waals surface area (Å²) in [6.07, 6.45) is -1.34. The van der Waals surface area contributed by atoms with Gasteiger partial charge in [0.2, 0.25) is 0 Å². The number of ether oxygens (including phenoxy) is 2. The quantitative estimate of drug-likeness (QED) is 0.913. The highest BCUT2D eigenvalue weighted by Crippen LogP contribution is 2.24. The highest BCUT2D eigenvalue weighted by molar-refractivity contribution is 5.81. The van der Waals surface area contributed by atoms with Crippen molar-refractivity contribution in [3.8, 4) is 17.2 Å². The third-order valence-corrected chi connectivity index (χ3v) is 2.40. The van der Waals surface area contributed by atoms with Crippen molar-refractivity contribution in [1.82, 2.24) is 0 Å². The molecule has 0 heterocycles. The lowest BCUT2D eigenvalue weighted by Crippen LogP contribution is -2.28. The third kappa shape index (κ3) is 3.64. The molecule has 0 bridgehead atoms. The molecule has 19 heavy (non-hydrogen) atoms. The predicted molar refractivity (Wildman–Crippen MR) is 68.5 cm³/mol. The number of rotatable bonds is 4. The van der Waals surface area contributed by atoms with Crippen LogP contribution in [0.4, 0.5) is 10.5 Å². The number of hydrogen-bond acceptors (Lipinski definition) is 4. The number of benzene rings is 2. The Morgan fingerprint density at radius 1 is 0.947 bits per heavy atom. The fourth-order valence-electron chi connectivity index (χ4n) is 1.50. The molecule has 2 aromatic rings. The second-order valence-electron chi connectivity index (χ2n) is 3.71. The summed E-state index contributed by atoms with van der Waals surface area (Å²) < 4.78 is 10.6. The SMILES string of the molecule is COc1ccc(Oc2ccc(NC(=O)[O-])cc2)cc1. The van der Waals surface area contributed by atoms with Gasteiger partial charge >= 0.3 is 0 Å². The van der Waals surface area contributed by atoms with E-state index in [1.165, 1.54) is 0 Å². The van der Waals surface area contributed by atoms with Crippen molar-refractivity contribution in [2.45, 2.75) is 0 Å². The number of carbonyl (C=O) groups is 1. The summed E-state index contributed by atoms with van der Waals surface area (Å²) in [4.78, 5) is 10.3. The standard InChI is InChI=1S/C14H13NO4/c1-18-11-6-8-13(9-7-11)19-12-4-2-10(3-5-12)15-14(16)17/h2-9,15H,1H3,(H,16,17)/p-1. The van der Waals surface area contributed by atoms with Crippen molar-refractivity contribution in [2.24, 2.45) is 0 Å². The Hall–Kier alpha value is -2.69. The molecule has 5 nitrogen and oxygen atoms in total. The maximum Gasteiger partial charge on any atom is 0.138 e. The highest BCUT2D eigenvalue weighted by Gasteiger charge is 1.99. The van der Waals surface area contributed by atoms with Gasteiger partial charge in [0.1, 0.15) is 23.3 Å². The van der Waals surface area contributed by atoms with E-state index in [1.807, 2.05) is 0 Å². The highest BCUT2D eigenvalue weighted by atomic mass is 16.5. The second kappa shape index (κ2) is 5.77. The van der Waals surface area contributed by atoms with Crippen LogP contribution in [0.2, 0.25) is 0 Å². The molecule has 0 radical (unpaired) electrons. The van der Waals surface area contributed by atoms with E-state index in [2.05, 4.69) is 5.32 Å². The van der Waals surface area contributed by atoms with Crippen LogP contribution in [0.5, 0.6) is 17.2 Å². The molecule has 5 heteroatoms. The zero-order chi connectivity index (χ0) is 13.7. The Kier molecular flexibility index (Phi) is 3.87. The van der Waals surface area contributed by atoms with E-state index in [9.17, 15) is 9.90 Å². The minimum atomic E-state index is -1.34. The Morgan fingerprint density at radius 3 is 1.89 bits per heavy atom. The van der Waals surface area contributed by atoms with Crippen molar-refractivity contribution in [2.75, 3.05) is 12.4 Å². The van der Waals surface area contributed by atoms with Crippen LogP contribution < -0.4 is 19.9 Å². The molecule has 2 rings (SSSR count). The Bertz CT molecular complexity index is 549. The van der Waals surface area contributed by atoms with Gasteiger partial charge in [-0.15, -0.1) is 0 Å². The maximum atomic E-state index is 10.3. The van der Waals surface area contributed by atoms with Crippen molar-refractivity contribution < 1.29 is 19.4 Å². The van der Waals surface area contributed by atoms with Crippen LogP contribution in [-0.2, 0) is 0 Å². The Morgan fingerprint density at radius 2 is 1.42 bits per heavy atom. The normalized spacial score (nSPS) is 9.74. The van der Waals surface area contributed by atoms with E-state index in [4.69, 9.17) is 9.47 Å². The molecule has 0 fully saturated rings. The zero-order valence-corrected chi connectivity index (χ0v) is 10.3. The summed E-state index contributed by atoms with van der Waals surface area (Å²) >= 11 is 0. The summed E-state index contributed by atoms with van der Waals surface area (Å²) in [7, 11) is 1.60. The largest absolute Gasteiger partial charge is 0.530 e. The van der Waals surface area contributed by atoms with Gasteiger partial charge in [0.25, 0.3) is 0 Å². The number of amides is 1. The predicted octanol–water partition coefficient (Wildman–Crippen LogP) is 2.24. The number of hydrogen-bond donors (Lipinski definition) is 1. The minimum absolute atomic E-state index is 0.432. The van der Waals surface area contributed by atoms with Gasteiger partial charge in [0.15, 0.2) is 0 Å². The van der Waals surface area contributed by atoms with Crippen molar-refractivity contribution in [3.63, 3.8) is 0 Å². The fourth-order valence-corrected chi connectivity index (χ4v) is 1.50. The molecule has 0 aromatic heterocycles. The molecule has 0 unspecified atom stereocenters. The lowest BCUT2D eigenvalue weighted by molar-refractivity contribution is -0.242. The molecule has 98 valence electrons. The molecule has 0 aliphatic carbocycles. The molecule has 2 aromatic carbocycles. The molecular weight excluding hydrogens is 246 g/mol. The topological polar surface area (TPSA) is 70.6 Å². The van der Waals surface area contributed by atoms with E-state index in [0.717, 1.165) is 5.75 Å². The van der Waals surface area contributed by atoms with Crippen molar-refractivity contribution in [1.29, 1.82) is 0 Å². The second-order valence-corrected chi connectivity index (χ2v) is 3.71. The molecule has 0 atom stereocenters. The first-order chi connectivity index (χ1) is 9.17. The van der Waals surface area contributed by atoms with E-state index in [1.54, 1.807) is 55.6 Å². The summed E-state index contributed by atoms with van der Waals surface area (Å²) in [5, 5.41) is 12.5. The van der Waals surface area contributed by atoms with Crippen LogP contribution in [0, 0.1) is 0 Å². The number of carbonyl (C=O) groups excluding carboxylic acids is 1. The molecule has 1 N–H and O–H groups in total. The first kappa shape index (κ1) is 12.8. The van der Waals surface area contributed by atoms with Gasteiger partial charge in [-0.2, -0.15) is 0 Å². The van der Waals surface area contributed by atoms with Crippen LogP contribution in [0.1, 0.15) is 0 Å². The Labute approximate surface area is 110 Å². The monoisotopic (exact) mass is 258 g/mol. The lowest BCUT2D eigenvalue weighted by Gasteiger charge is -2.09. The Balaban J connectivity index is 2.04. The van der Waals surface area contributed by atoms with Crippen molar-refractivity contribution in [3.05, 3.63) is 48.5 Å². The van der Waals surface area contributed by atoms with Gasteiger partial charge in [-0.1, -0.05) is 0 Å². The average Bonchev–Trinajstić information content (AvgIpc) is 2.41. The summed E-state index contributed by atoms with van der Waals surface area (Å²) in [5.41, 5.74) is 0.432. The molecule has 0 aliphatic heterocycles. The molecule has 1 amide bonds. The number of anilines is 1.